The SMILES string of the molecule is COC[C@@]12CO[C@H]([C@H](C)O1)[C@H]2OC. The van der Waals surface area contributed by atoms with Gasteiger partial charge >= 0.3 is 0 Å². The van der Waals surface area contributed by atoms with Gasteiger partial charge in [-0.2, -0.15) is 0 Å². The Kier molecular flexibility index (Phi) is 2.32. The molecule has 0 unspecified atom stereocenters. The monoisotopic (exact) mass is 188 g/mol. The second kappa shape index (κ2) is 3.20. The lowest BCUT2D eigenvalue weighted by molar-refractivity contribution is -0.161. The van der Waals surface area contributed by atoms with Gasteiger partial charge in [-0.1, -0.05) is 0 Å². The van der Waals surface area contributed by atoms with Crippen molar-refractivity contribution in [2.45, 2.75) is 30.8 Å². The summed E-state index contributed by atoms with van der Waals surface area (Å²) in [5.74, 6) is 0. The molecule has 0 spiro atoms. The summed E-state index contributed by atoms with van der Waals surface area (Å²) in [4.78, 5) is 0. The molecule has 2 aliphatic rings. The first-order chi connectivity index (χ1) is 6.23. The molecule has 0 N–H and O–H groups in total. The Morgan fingerprint density at radius 3 is 2.77 bits per heavy atom. The minimum absolute atomic E-state index is 0.0162. The fourth-order valence-electron chi connectivity index (χ4n) is 2.38. The van der Waals surface area contributed by atoms with Gasteiger partial charge in [-0.05, 0) is 6.92 Å². The van der Waals surface area contributed by atoms with Crippen LogP contribution >= 0.6 is 0 Å². The van der Waals surface area contributed by atoms with E-state index in [0.29, 0.717) is 13.2 Å². The van der Waals surface area contributed by atoms with E-state index in [2.05, 4.69) is 0 Å². The first-order valence-electron chi connectivity index (χ1n) is 4.54. The van der Waals surface area contributed by atoms with Crippen LogP contribution in [0.4, 0.5) is 0 Å². The summed E-state index contributed by atoms with van der Waals surface area (Å²) >= 11 is 0. The minimum Gasteiger partial charge on any atom is -0.381 e. The van der Waals surface area contributed by atoms with Crippen LogP contribution in [0.3, 0.4) is 0 Å². The second-order valence-corrected chi connectivity index (χ2v) is 3.75. The number of hydrogen-bond donors (Lipinski definition) is 0. The molecule has 2 heterocycles. The first kappa shape index (κ1) is 9.40. The van der Waals surface area contributed by atoms with Gasteiger partial charge in [0.05, 0.1) is 19.3 Å². The maximum absolute atomic E-state index is 5.82. The van der Waals surface area contributed by atoms with Gasteiger partial charge in [-0.25, -0.2) is 0 Å². The van der Waals surface area contributed by atoms with E-state index >= 15 is 0 Å². The summed E-state index contributed by atoms with van der Waals surface area (Å²) in [5.41, 5.74) is -0.367. The fraction of sp³-hybridized carbons (Fsp3) is 1.00. The van der Waals surface area contributed by atoms with E-state index in [1.54, 1.807) is 14.2 Å². The largest absolute Gasteiger partial charge is 0.381 e. The van der Waals surface area contributed by atoms with Gasteiger partial charge in [0.25, 0.3) is 0 Å². The molecule has 4 nitrogen and oxygen atoms in total. The minimum atomic E-state index is -0.367. The average molecular weight is 188 g/mol. The highest BCUT2D eigenvalue weighted by atomic mass is 16.7. The van der Waals surface area contributed by atoms with Crippen LogP contribution in [-0.4, -0.2) is 51.3 Å². The molecule has 4 heteroatoms. The Morgan fingerprint density at radius 1 is 1.46 bits per heavy atom. The molecule has 0 aliphatic carbocycles. The molecule has 4 atom stereocenters. The Balaban J connectivity index is 2.17. The molecule has 2 bridgehead atoms. The van der Waals surface area contributed by atoms with E-state index in [4.69, 9.17) is 18.9 Å². The Hall–Kier alpha value is -0.160. The maximum atomic E-state index is 5.82. The van der Waals surface area contributed by atoms with Crippen molar-refractivity contribution >= 4 is 0 Å². The quantitative estimate of drug-likeness (QED) is 0.634. The zero-order valence-corrected chi connectivity index (χ0v) is 8.28. The molecule has 0 aromatic heterocycles. The molecule has 0 saturated carbocycles. The van der Waals surface area contributed by atoms with Gasteiger partial charge in [0.1, 0.15) is 17.8 Å². The van der Waals surface area contributed by atoms with Crippen LogP contribution in [0.25, 0.3) is 0 Å². The third-order valence-electron chi connectivity index (χ3n) is 2.86. The number of fused-ring (bicyclic) bond motifs is 2. The van der Waals surface area contributed by atoms with Crippen LogP contribution < -0.4 is 0 Å². The van der Waals surface area contributed by atoms with E-state index < -0.39 is 0 Å². The van der Waals surface area contributed by atoms with Crippen molar-refractivity contribution in [2.24, 2.45) is 0 Å². The Morgan fingerprint density at radius 2 is 2.23 bits per heavy atom. The first-order valence-corrected chi connectivity index (χ1v) is 4.54. The fourth-order valence-corrected chi connectivity index (χ4v) is 2.38. The van der Waals surface area contributed by atoms with Crippen molar-refractivity contribution in [3.63, 3.8) is 0 Å². The molecule has 76 valence electrons. The average Bonchev–Trinajstić information content (AvgIpc) is 2.55. The predicted octanol–water partition coefficient (Wildman–Crippen LogP) is 0.204. The van der Waals surface area contributed by atoms with Crippen LogP contribution in [0, 0.1) is 0 Å². The van der Waals surface area contributed by atoms with Gasteiger partial charge in [0.2, 0.25) is 0 Å². The molecule has 2 aliphatic heterocycles. The van der Waals surface area contributed by atoms with Gasteiger partial charge in [-0.15, -0.1) is 0 Å². The molecular formula is C9H16O4. The topological polar surface area (TPSA) is 36.9 Å². The normalized spacial score (nSPS) is 48.7. The van der Waals surface area contributed by atoms with Gasteiger partial charge in [0.15, 0.2) is 0 Å². The molecule has 13 heavy (non-hydrogen) atoms. The van der Waals surface area contributed by atoms with Gasteiger partial charge in [0, 0.05) is 14.2 Å². The van der Waals surface area contributed by atoms with Crippen LogP contribution in [0.1, 0.15) is 6.92 Å². The predicted molar refractivity (Wildman–Crippen MR) is 45.7 cm³/mol. The van der Waals surface area contributed by atoms with Crippen LogP contribution in [-0.2, 0) is 18.9 Å². The van der Waals surface area contributed by atoms with E-state index in [-0.39, 0.29) is 23.9 Å². The van der Waals surface area contributed by atoms with Crippen molar-refractivity contribution in [1.29, 1.82) is 0 Å². The lowest BCUT2D eigenvalue weighted by Crippen LogP contribution is -2.45. The lowest BCUT2D eigenvalue weighted by Gasteiger charge is -2.29. The summed E-state index contributed by atoms with van der Waals surface area (Å²) < 4.78 is 21.9. The molecule has 2 rings (SSSR count). The molecule has 2 fully saturated rings. The highest BCUT2D eigenvalue weighted by Gasteiger charge is 2.60. The van der Waals surface area contributed by atoms with Crippen LogP contribution in [0.15, 0.2) is 0 Å². The lowest BCUT2D eigenvalue weighted by atomic mass is 10.00. The standard InChI is InChI=1S/C9H16O4/c1-6-7-8(11-3)9(13-6,4-10-2)5-12-7/h6-8H,4-5H2,1-3H3/t6-,7+,8+,9-/m0/s1. The van der Waals surface area contributed by atoms with Crippen molar-refractivity contribution in [3.05, 3.63) is 0 Å². The maximum Gasteiger partial charge on any atom is 0.144 e. The Labute approximate surface area is 78.1 Å². The molecular weight excluding hydrogens is 172 g/mol. The van der Waals surface area contributed by atoms with E-state index in [1.807, 2.05) is 6.92 Å². The highest BCUT2D eigenvalue weighted by Crippen LogP contribution is 2.41. The number of ether oxygens (including phenoxy) is 4. The third kappa shape index (κ3) is 1.21. The summed E-state index contributed by atoms with van der Waals surface area (Å²) in [5, 5.41) is 0. The third-order valence-corrected chi connectivity index (χ3v) is 2.86. The van der Waals surface area contributed by atoms with Crippen molar-refractivity contribution in [3.8, 4) is 0 Å². The van der Waals surface area contributed by atoms with Crippen molar-refractivity contribution < 1.29 is 18.9 Å². The van der Waals surface area contributed by atoms with Crippen molar-refractivity contribution in [2.75, 3.05) is 27.4 Å². The smallest absolute Gasteiger partial charge is 0.144 e. The summed E-state index contributed by atoms with van der Waals surface area (Å²) in [7, 11) is 3.36. The zero-order valence-electron chi connectivity index (χ0n) is 8.28. The van der Waals surface area contributed by atoms with E-state index in [1.165, 1.54) is 0 Å². The molecule has 0 aromatic rings. The van der Waals surface area contributed by atoms with E-state index in [9.17, 15) is 0 Å². The second-order valence-electron chi connectivity index (χ2n) is 3.75. The van der Waals surface area contributed by atoms with Crippen LogP contribution in [0.2, 0.25) is 0 Å². The number of rotatable bonds is 3. The Bertz CT molecular complexity index is 196. The summed E-state index contributed by atoms with van der Waals surface area (Å²) in [6.07, 6.45) is 0.191. The van der Waals surface area contributed by atoms with Gasteiger partial charge < -0.3 is 18.9 Å². The molecule has 2 saturated heterocycles. The molecule has 0 amide bonds. The number of methoxy groups -OCH3 is 2. The zero-order chi connectivity index (χ0) is 9.47. The molecule has 0 radical (unpaired) electrons. The summed E-state index contributed by atoms with van der Waals surface area (Å²) in [6.45, 7) is 3.12. The van der Waals surface area contributed by atoms with Crippen LogP contribution in [0.5, 0.6) is 0 Å². The van der Waals surface area contributed by atoms with E-state index in [0.717, 1.165) is 0 Å². The van der Waals surface area contributed by atoms with Crippen molar-refractivity contribution in [1.82, 2.24) is 0 Å². The highest BCUT2D eigenvalue weighted by molar-refractivity contribution is 5.07. The molecule has 0 aromatic carbocycles. The van der Waals surface area contributed by atoms with Gasteiger partial charge in [-0.3, -0.25) is 0 Å². The number of hydrogen-bond acceptors (Lipinski definition) is 4. The summed E-state index contributed by atoms with van der Waals surface area (Å²) in [6, 6.07) is 0.